The van der Waals surface area contributed by atoms with E-state index >= 15 is 0 Å². The fourth-order valence-electron chi connectivity index (χ4n) is 2.11. The molecule has 0 amide bonds. The van der Waals surface area contributed by atoms with Gasteiger partial charge in [0.05, 0.1) is 12.7 Å². The van der Waals surface area contributed by atoms with Crippen LogP contribution >= 0.6 is 0 Å². The number of anilines is 1. The molecule has 1 aliphatic rings. The second-order valence-electron chi connectivity index (χ2n) is 4.36. The zero-order valence-corrected chi connectivity index (χ0v) is 9.78. The van der Waals surface area contributed by atoms with Crippen molar-refractivity contribution in [2.75, 3.05) is 12.1 Å². The van der Waals surface area contributed by atoms with Crippen LogP contribution in [-0.2, 0) is 10.5 Å². The maximum Gasteiger partial charge on any atom is 0.351 e. The molecule has 1 aromatic rings. The van der Waals surface area contributed by atoms with Gasteiger partial charge in [-0.25, -0.2) is 4.79 Å². The van der Waals surface area contributed by atoms with Crippen LogP contribution in [0.2, 0.25) is 0 Å². The Morgan fingerprint density at radius 3 is 2.94 bits per heavy atom. The highest BCUT2D eigenvalue weighted by Crippen LogP contribution is 2.33. The van der Waals surface area contributed by atoms with E-state index in [2.05, 4.69) is 4.98 Å². The first-order chi connectivity index (χ1) is 8.50. The highest BCUT2D eigenvalue weighted by Gasteiger charge is 2.44. The lowest BCUT2D eigenvalue weighted by Gasteiger charge is -2.26. The summed E-state index contributed by atoms with van der Waals surface area (Å²) in [5.41, 5.74) is 0.0848. The van der Waals surface area contributed by atoms with E-state index in [0.29, 0.717) is 0 Å². The first-order valence-electron chi connectivity index (χ1n) is 5.47. The molecule has 0 saturated carbocycles. The zero-order chi connectivity index (χ0) is 13.3. The number of aromatic nitrogens is 2. The summed E-state index contributed by atoms with van der Waals surface area (Å²) in [7, 11) is 0. The Morgan fingerprint density at radius 1 is 1.72 bits per heavy atom. The van der Waals surface area contributed by atoms with Crippen LogP contribution in [0.5, 0.6) is 0 Å². The third-order valence-electron chi connectivity index (χ3n) is 3.03. The van der Waals surface area contributed by atoms with Gasteiger partial charge in [0.1, 0.15) is 11.8 Å². The Balaban J connectivity index is 2.34. The maximum absolute atomic E-state index is 11.8. The van der Waals surface area contributed by atoms with Crippen LogP contribution in [0.3, 0.4) is 0 Å². The summed E-state index contributed by atoms with van der Waals surface area (Å²) >= 11 is 0. The smallest absolute Gasteiger partial charge is 0.351 e. The minimum atomic E-state index is -1.06. The molecule has 0 spiro atoms. The number of rotatable bonds is 3. The summed E-state index contributed by atoms with van der Waals surface area (Å²) in [5, 5.41) is 27.4. The van der Waals surface area contributed by atoms with Crippen molar-refractivity contribution >= 4 is 5.82 Å². The van der Waals surface area contributed by atoms with E-state index in [9.17, 15) is 9.90 Å². The number of nitrogens with zero attached hydrogens (tertiary/aromatic N) is 2. The average Bonchev–Trinajstić information content (AvgIpc) is 2.64. The molecule has 1 aliphatic heterocycles. The topological polar surface area (TPSA) is 117 Å². The molecule has 8 heteroatoms. The molecular weight excluding hydrogens is 242 g/mol. The Hall–Kier alpha value is -1.48. The maximum atomic E-state index is 11.8. The largest absolute Gasteiger partial charge is 0.394 e. The summed E-state index contributed by atoms with van der Waals surface area (Å²) in [6.07, 6.45) is 0.00611. The van der Waals surface area contributed by atoms with Gasteiger partial charge < -0.3 is 14.9 Å². The number of aliphatic hydroxyl groups excluding tert-OH is 2. The molecule has 1 saturated heterocycles. The highest BCUT2D eigenvalue weighted by atomic mass is 16.6. The van der Waals surface area contributed by atoms with Gasteiger partial charge in [0, 0.05) is 12.6 Å². The fraction of sp³-hybridized carbons (Fsp3) is 0.600. The van der Waals surface area contributed by atoms with E-state index in [-0.39, 0.29) is 18.8 Å². The standard InChI is InChI=1S/C10H15N3O5/c1-10(4-6(15)7(5-14)18-10)13-3-2-8(12-17)11-9(13)16/h2-3,6-7,14-15,17H,4-5H2,1H3,(H,11,12,16)/t6-,7+,10+/m0/s1. The number of nitrogens with one attached hydrogen (secondary N) is 1. The van der Waals surface area contributed by atoms with Crippen molar-refractivity contribution in [1.29, 1.82) is 0 Å². The molecule has 18 heavy (non-hydrogen) atoms. The van der Waals surface area contributed by atoms with Crippen molar-refractivity contribution in [2.24, 2.45) is 0 Å². The Morgan fingerprint density at radius 2 is 2.44 bits per heavy atom. The summed E-state index contributed by atoms with van der Waals surface area (Å²) in [4.78, 5) is 15.3. The lowest BCUT2D eigenvalue weighted by Crippen LogP contribution is -2.40. The molecule has 1 aromatic heterocycles. The monoisotopic (exact) mass is 257 g/mol. The normalized spacial score (nSPS) is 31.6. The predicted octanol–water partition coefficient (Wildman–Crippen LogP) is -1.14. The number of hydrogen-bond acceptors (Lipinski definition) is 7. The minimum absolute atomic E-state index is 0.0251. The second kappa shape index (κ2) is 4.65. The fourth-order valence-corrected chi connectivity index (χ4v) is 2.11. The van der Waals surface area contributed by atoms with Crippen LogP contribution in [0.4, 0.5) is 5.82 Å². The van der Waals surface area contributed by atoms with Crippen molar-refractivity contribution < 1.29 is 20.2 Å². The van der Waals surface area contributed by atoms with Gasteiger partial charge in [-0.05, 0) is 13.0 Å². The number of ether oxygens (including phenoxy) is 1. The molecule has 3 atom stereocenters. The van der Waals surface area contributed by atoms with E-state index in [4.69, 9.17) is 15.1 Å². The molecule has 4 N–H and O–H groups in total. The third-order valence-corrected chi connectivity index (χ3v) is 3.03. The van der Waals surface area contributed by atoms with Crippen molar-refractivity contribution in [2.45, 2.75) is 31.3 Å². The zero-order valence-electron chi connectivity index (χ0n) is 9.78. The first-order valence-corrected chi connectivity index (χ1v) is 5.47. The van der Waals surface area contributed by atoms with Crippen LogP contribution in [-0.4, -0.2) is 43.8 Å². The van der Waals surface area contributed by atoms with Crippen LogP contribution in [0, 0.1) is 0 Å². The average molecular weight is 257 g/mol. The van der Waals surface area contributed by atoms with Crippen molar-refractivity contribution in [3.8, 4) is 0 Å². The predicted molar refractivity (Wildman–Crippen MR) is 60.1 cm³/mol. The quantitative estimate of drug-likeness (QED) is 0.505. The number of aliphatic hydroxyl groups is 2. The first kappa shape index (κ1) is 13.0. The van der Waals surface area contributed by atoms with Crippen molar-refractivity contribution in [1.82, 2.24) is 9.55 Å². The summed E-state index contributed by atoms with van der Waals surface area (Å²) in [6, 6.07) is 1.40. The van der Waals surface area contributed by atoms with Gasteiger partial charge in [-0.2, -0.15) is 4.98 Å². The van der Waals surface area contributed by atoms with Gasteiger partial charge in [-0.1, -0.05) is 0 Å². The Bertz CT molecular complexity index is 491. The molecule has 0 aromatic carbocycles. The minimum Gasteiger partial charge on any atom is -0.394 e. The van der Waals surface area contributed by atoms with E-state index < -0.39 is 23.6 Å². The van der Waals surface area contributed by atoms with Gasteiger partial charge in [-0.3, -0.25) is 15.3 Å². The number of hydrogen-bond donors (Lipinski definition) is 4. The van der Waals surface area contributed by atoms with Gasteiger partial charge in [0.2, 0.25) is 0 Å². The molecule has 8 nitrogen and oxygen atoms in total. The highest BCUT2D eigenvalue weighted by molar-refractivity contribution is 5.28. The van der Waals surface area contributed by atoms with Crippen molar-refractivity contribution in [3.05, 3.63) is 22.7 Å². The summed E-state index contributed by atoms with van der Waals surface area (Å²) in [5.74, 6) is 0.0251. The van der Waals surface area contributed by atoms with Crippen LogP contribution in [0.25, 0.3) is 0 Å². The molecule has 0 radical (unpaired) electrons. The van der Waals surface area contributed by atoms with Gasteiger partial charge >= 0.3 is 5.69 Å². The summed E-state index contributed by atoms with van der Waals surface area (Å²) in [6.45, 7) is 1.30. The molecule has 0 unspecified atom stereocenters. The lowest BCUT2D eigenvalue weighted by atomic mass is 10.1. The van der Waals surface area contributed by atoms with Crippen LogP contribution in [0.15, 0.2) is 17.1 Å². The SMILES string of the molecule is C[C@]1(n2ccc(NO)nc2=O)C[C@H](O)[C@@H](CO)O1. The van der Waals surface area contributed by atoms with Gasteiger partial charge in [-0.15, -0.1) is 0 Å². The van der Waals surface area contributed by atoms with E-state index in [0.717, 1.165) is 0 Å². The molecule has 0 bridgehead atoms. The molecule has 100 valence electrons. The second-order valence-corrected chi connectivity index (χ2v) is 4.36. The van der Waals surface area contributed by atoms with Crippen molar-refractivity contribution in [3.63, 3.8) is 0 Å². The van der Waals surface area contributed by atoms with Crippen LogP contribution in [0.1, 0.15) is 13.3 Å². The van der Waals surface area contributed by atoms with E-state index in [1.54, 1.807) is 12.4 Å². The lowest BCUT2D eigenvalue weighted by molar-refractivity contribution is -0.107. The Kier molecular flexibility index (Phi) is 3.35. The Labute approximate surface area is 102 Å². The third kappa shape index (κ3) is 2.10. The molecule has 2 rings (SSSR count). The molecule has 0 aliphatic carbocycles. The molecule has 1 fully saturated rings. The molecular formula is C10H15N3O5. The van der Waals surface area contributed by atoms with E-state index in [1.807, 2.05) is 0 Å². The van der Waals surface area contributed by atoms with Gasteiger partial charge in [0.15, 0.2) is 5.82 Å². The van der Waals surface area contributed by atoms with Crippen LogP contribution < -0.4 is 11.2 Å². The van der Waals surface area contributed by atoms with E-state index in [1.165, 1.54) is 16.8 Å². The summed E-state index contributed by atoms with van der Waals surface area (Å²) < 4.78 is 6.71. The molecule has 2 heterocycles. The van der Waals surface area contributed by atoms with Gasteiger partial charge in [0.25, 0.3) is 0 Å².